The summed E-state index contributed by atoms with van der Waals surface area (Å²) in [5.41, 5.74) is 1.08. The van der Waals surface area contributed by atoms with Crippen LogP contribution in [0.4, 0.5) is 5.69 Å². The van der Waals surface area contributed by atoms with Gasteiger partial charge in [0.1, 0.15) is 0 Å². The van der Waals surface area contributed by atoms with Crippen LogP contribution in [0.15, 0.2) is 53.4 Å². The molecule has 6 nitrogen and oxygen atoms in total. The molecule has 0 heterocycles. The van der Waals surface area contributed by atoms with Crippen LogP contribution < -0.4 is 10.0 Å². The van der Waals surface area contributed by atoms with Gasteiger partial charge in [0.05, 0.1) is 22.2 Å². The lowest BCUT2D eigenvalue weighted by atomic mass is 10.2. The lowest BCUT2D eigenvalue weighted by molar-refractivity contribution is 0.0953. The first-order chi connectivity index (χ1) is 12.5. The summed E-state index contributed by atoms with van der Waals surface area (Å²) in [6.45, 7) is 2.69. The van der Waals surface area contributed by atoms with Crippen LogP contribution in [0.2, 0.25) is 0 Å². The van der Waals surface area contributed by atoms with Gasteiger partial charge in [-0.3, -0.25) is 9.52 Å². The minimum absolute atomic E-state index is 0.0439. The molecule has 2 N–H and O–H groups in total. The van der Waals surface area contributed by atoms with Gasteiger partial charge in [-0.1, -0.05) is 25.8 Å². The van der Waals surface area contributed by atoms with Crippen molar-refractivity contribution in [1.29, 1.82) is 5.26 Å². The molecular weight excluding hydrogens is 350 g/mol. The Morgan fingerprint density at radius 2 is 1.85 bits per heavy atom. The predicted molar refractivity (Wildman–Crippen MR) is 100 cm³/mol. The van der Waals surface area contributed by atoms with Crippen LogP contribution >= 0.6 is 0 Å². The Labute approximate surface area is 153 Å². The lowest BCUT2D eigenvalue weighted by Gasteiger charge is -2.09. The Balaban J connectivity index is 2.06. The number of nitriles is 1. The molecule has 2 aromatic carbocycles. The average molecular weight is 371 g/mol. The zero-order chi connectivity index (χ0) is 19.0. The maximum Gasteiger partial charge on any atom is 0.261 e. The van der Waals surface area contributed by atoms with Crippen LogP contribution in [0.25, 0.3) is 0 Å². The monoisotopic (exact) mass is 371 g/mol. The number of nitrogens with zero attached hydrogens (tertiary/aromatic N) is 1. The third-order valence-electron chi connectivity index (χ3n) is 3.74. The maximum absolute atomic E-state index is 12.4. The van der Waals surface area contributed by atoms with E-state index in [1.165, 1.54) is 30.3 Å². The molecule has 0 aliphatic heterocycles. The Hall–Kier alpha value is -2.85. The van der Waals surface area contributed by atoms with Crippen molar-refractivity contribution in [3.8, 4) is 6.07 Å². The van der Waals surface area contributed by atoms with Gasteiger partial charge < -0.3 is 5.32 Å². The normalized spacial score (nSPS) is 10.8. The molecule has 2 rings (SSSR count). The van der Waals surface area contributed by atoms with E-state index in [4.69, 9.17) is 5.26 Å². The molecule has 0 saturated heterocycles. The van der Waals surface area contributed by atoms with Gasteiger partial charge in [-0.2, -0.15) is 5.26 Å². The number of rotatable bonds is 8. The van der Waals surface area contributed by atoms with E-state index in [0.717, 1.165) is 19.3 Å². The number of benzene rings is 2. The summed E-state index contributed by atoms with van der Waals surface area (Å²) in [6.07, 6.45) is 3.04. The number of hydrogen-bond acceptors (Lipinski definition) is 4. The first kappa shape index (κ1) is 19.5. The van der Waals surface area contributed by atoms with Crippen molar-refractivity contribution in [3.05, 3.63) is 59.7 Å². The smallest absolute Gasteiger partial charge is 0.261 e. The Morgan fingerprint density at radius 1 is 1.12 bits per heavy atom. The zero-order valence-corrected chi connectivity index (χ0v) is 15.3. The number of unbranched alkanes of at least 4 members (excludes halogenated alkanes) is 2. The average Bonchev–Trinajstić information content (AvgIpc) is 2.65. The molecule has 0 aromatic heterocycles. The highest BCUT2D eigenvalue weighted by Gasteiger charge is 2.15. The van der Waals surface area contributed by atoms with Gasteiger partial charge in [0.2, 0.25) is 0 Å². The van der Waals surface area contributed by atoms with E-state index in [1.807, 2.05) is 6.07 Å². The number of anilines is 1. The molecule has 0 saturated carbocycles. The minimum atomic E-state index is -3.80. The molecule has 0 atom stereocenters. The molecule has 0 radical (unpaired) electrons. The molecule has 0 spiro atoms. The van der Waals surface area contributed by atoms with Gasteiger partial charge in [-0.15, -0.1) is 0 Å². The minimum Gasteiger partial charge on any atom is -0.352 e. The number of hydrogen-bond donors (Lipinski definition) is 2. The van der Waals surface area contributed by atoms with E-state index in [2.05, 4.69) is 17.0 Å². The van der Waals surface area contributed by atoms with E-state index >= 15 is 0 Å². The predicted octanol–water partition coefficient (Wildman–Crippen LogP) is 3.28. The van der Waals surface area contributed by atoms with Gasteiger partial charge in [-0.25, -0.2) is 8.42 Å². The van der Waals surface area contributed by atoms with E-state index in [1.54, 1.807) is 18.2 Å². The van der Waals surface area contributed by atoms with Crippen molar-refractivity contribution < 1.29 is 13.2 Å². The molecule has 0 aliphatic carbocycles. The number of nitrogens with one attached hydrogen (secondary N) is 2. The van der Waals surface area contributed by atoms with Crippen LogP contribution in [0.1, 0.15) is 42.1 Å². The van der Waals surface area contributed by atoms with Gasteiger partial charge in [-0.05, 0) is 48.9 Å². The van der Waals surface area contributed by atoms with Crippen LogP contribution in [0, 0.1) is 11.3 Å². The third kappa shape index (κ3) is 5.33. The van der Waals surface area contributed by atoms with Gasteiger partial charge in [0.15, 0.2) is 0 Å². The fraction of sp³-hybridized carbons (Fsp3) is 0.263. The highest BCUT2D eigenvalue weighted by Crippen LogP contribution is 2.17. The van der Waals surface area contributed by atoms with Crippen molar-refractivity contribution in [2.75, 3.05) is 11.3 Å². The van der Waals surface area contributed by atoms with Crippen LogP contribution in [0.3, 0.4) is 0 Å². The summed E-state index contributed by atoms with van der Waals surface area (Å²) in [5, 5.41) is 11.7. The highest BCUT2D eigenvalue weighted by atomic mass is 32.2. The SMILES string of the molecule is CCCCCNC(=O)c1ccc(S(=O)(=O)Nc2cccc(C#N)c2)cc1. The molecule has 0 unspecified atom stereocenters. The maximum atomic E-state index is 12.4. The third-order valence-corrected chi connectivity index (χ3v) is 5.13. The summed E-state index contributed by atoms with van der Waals surface area (Å²) < 4.78 is 27.3. The zero-order valence-electron chi connectivity index (χ0n) is 14.5. The number of sulfonamides is 1. The standard InChI is InChI=1S/C19H21N3O3S/c1-2-3-4-12-21-19(23)16-8-10-18(11-9-16)26(24,25)22-17-7-5-6-15(13-17)14-20/h5-11,13,22H,2-4,12H2,1H3,(H,21,23). The number of carbonyl (C=O) groups is 1. The van der Waals surface area contributed by atoms with Crippen molar-refractivity contribution in [3.63, 3.8) is 0 Å². The first-order valence-electron chi connectivity index (χ1n) is 8.37. The van der Waals surface area contributed by atoms with Crippen molar-refractivity contribution in [2.45, 2.75) is 31.1 Å². The summed E-state index contributed by atoms with van der Waals surface area (Å²) in [6, 6.07) is 13.9. The molecule has 26 heavy (non-hydrogen) atoms. The Bertz CT molecular complexity index is 900. The molecule has 7 heteroatoms. The van der Waals surface area contributed by atoms with E-state index < -0.39 is 10.0 Å². The second-order valence-electron chi connectivity index (χ2n) is 5.79. The molecule has 136 valence electrons. The van der Waals surface area contributed by atoms with Crippen molar-refractivity contribution >= 4 is 21.6 Å². The van der Waals surface area contributed by atoms with Crippen LogP contribution in [0.5, 0.6) is 0 Å². The summed E-state index contributed by atoms with van der Waals surface area (Å²) in [5.74, 6) is -0.222. The van der Waals surface area contributed by atoms with Gasteiger partial charge in [0, 0.05) is 12.1 Å². The molecule has 0 bridgehead atoms. The fourth-order valence-electron chi connectivity index (χ4n) is 2.33. The second kappa shape index (κ2) is 9.02. The molecular formula is C19H21N3O3S. The van der Waals surface area contributed by atoms with Crippen molar-refractivity contribution in [2.24, 2.45) is 0 Å². The number of amides is 1. The summed E-state index contributed by atoms with van der Waals surface area (Å²) in [4.78, 5) is 12.1. The largest absolute Gasteiger partial charge is 0.352 e. The fourth-order valence-corrected chi connectivity index (χ4v) is 3.38. The Kier molecular flexibility index (Phi) is 6.75. The van der Waals surface area contributed by atoms with E-state index in [0.29, 0.717) is 23.4 Å². The molecule has 1 amide bonds. The summed E-state index contributed by atoms with van der Waals surface area (Å²) >= 11 is 0. The second-order valence-corrected chi connectivity index (χ2v) is 7.47. The van der Waals surface area contributed by atoms with Crippen molar-refractivity contribution in [1.82, 2.24) is 5.32 Å². The quantitative estimate of drug-likeness (QED) is 0.696. The summed E-state index contributed by atoms with van der Waals surface area (Å²) in [7, 11) is -3.80. The van der Waals surface area contributed by atoms with Crippen LogP contribution in [-0.2, 0) is 10.0 Å². The van der Waals surface area contributed by atoms with Gasteiger partial charge >= 0.3 is 0 Å². The van der Waals surface area contributed by atoms with Gasteiger partial charge in [0.25, 0.3) is 15.9 Å². The first-order valence-corrected chi connectivity index (χ1v) is 9.86. The highest BCUT2D eigenvalue weighted by molar-refractivity contribution is 7.92. The number of carbonyl (C=O) groups excluding carboxylic acids is 1. The topological polar surface area (TPSA) is 99.1 Å². The van der Waals surface area contributed by atoms with E-state index in [9.17, 15) is 13.2 Å². The molecule has 0 fully saturated rings. The molecule has 2 aromatic rings. The van der Waals surface area contributed by atoms with E-state index in [-0.39, 0.29) is 10.8 Å². The lowest BCUT2D eigenvalue weighted by Crippen LogP contribution is -2.24. The Morgan fingerprint density at radius 3 is 2.50 bits per heavy atom. The van der Waals surface area contributed by atoms with Crippen LogP contribution in [-0.4, -0.2) is 20.9 Å². The molecule has 0 aliphatic rings.